The number of nitrogens with two attached hydrogens (primary N) is 1. The lowest BCUT2D eigenvalue weighted by Gasteiger charge is -2.33. The summed E-state index contributed by atoms with van der Waals surface area (Å²) in [5.74, 6) is 0.0971. The van der Waals surface area contributed by atoms with E-state index in [-0.39, 0.29) is 18.3 Å². The van der Waals surface area contributed by atoms with E-state index in [1.807, 2.05) is 38.1 Å². The molecule has 0 radical (unpaired) electrons. The van der Waals surface area contributed by atoms with Gasteiger partial charge in [-0.05, 0) is 24.5 Å². The molecule has 2 N–H and O–H groups in total. The molecule has 0 aliphatic heterocycles. The van der Waals surface area contributed by atoms with Crippen LogP contribution in [-0.2, 0) is 11.3 Å². The second kappa shape index (κ2) is 8.50. The van der Waals surface area contributed by atoms with Crippen molar-refractivity contribution in [2.24, 2.45) is 11.1 Å². The Kier molecular flexibility index (Phi) is 8.17. The van der Waals surface area contributed by atoms with E-state index in [0.29, 0.717) is 18.1 Å². The molecular formula is C15H24Cl2N2O. The average molecular weight is 319 g/mol. The Morgan fingerprint density at radius 3 is 2.30 bits per heavy atom. The average Bonchev–Trinajstić information content (AvgIpc) is 2.43. The molecule has 0 saturated heterocycles. The van der Waals surface area contributed by atoms with E-state index >= 15 is 0 Å². The van der Waals surface area contributed by atoms with Gasteiger partial charge in [-0.2, -0.15) is 0 Å². The van der Waals surface area contributed by atoms with Crippen LogP contribution in [0.2, 0.25) is 5.02 Å². The van der Waals surface area contributed by atoms with Gasteiger partial charge in [0.1, 0.15) is 0 Å². The van der Waals surface area contributed by atoms with E-state index in [4.69, 9.17) is 17.3 Å². The summed E-state index contributed by atoms with van der Waals surface area (Å²) in [5.41, 5.74) is 6.33. The first-order valence-corrected chi connectivity index (χ1v) is 7.07. The van der Waals surface area contributed by atoms with Gasteiger partial charge in [0, 0.05) is 25.2 Å². The second-order valence-electron chi connectivity index (χ2n) is 4.94. The van der Waals surface area contributed by atoms with Gasteiger partial charge < -0.3 is 10.6 Å². The molecule has 5 heteroatoms. The van der Waals surface area contributed by atoms with Gasteiger partial charge in [0.25, 0.3) is 0 Å². The van der Waals surface area contributed by atoms with Crippen LogP contribution in [0.1, 0.15) is 32.3 Å². The van der Waals surface area contributed by atoms with E-state index in [2.05, 4.69) is 0 Å². The Balaban J connectivity index is 0.00000361. The monoisotopic (exact) mass is 318 g/mol. The number of hydrogen-bond acceptors (Lipinski definition) is 2. The third kappa shape index (κ3) is 4.11. The number of nitrogens with zero attached hydrogens (tertiary/aromatic N) is 1. The van der Waals surface area contributed by atoms with Crippen molar-refractivity contribution in [3.8, 4) is 0 Å². The maximum atomic E-state index is 12.6. The lowest BCUT2D eigenvalue weighted by Crippen LogP contribution is -2.45. The van der Waals surface area contributed by atoms with Crippen LogP contribution in [0.5, 0.6) is 0 Å². The standard InChI is InChI=1S/C15H23ClN2O.ClH/c1-4-15(5-2,11-17)14(19)18(3)10-12-8-6-7-9-13(12)16;/h6-9H,4-5,10-11,17H2,1-3H3;1H. The summed E-state index contributed by atoms with van der Waals surface area (Å²) in [7, 11) is 1.81. The summed E-state index contributed by atoms with van der Waals surface area (Å²) >= 11 is 6.13. The van der Waals surface area contributed by atoms with Crippen LogP contribution in [0.25, 0.3) is 0 Å². The normalized spacial score (nSPS) is 10.8. The molecule has 20 heavy (non-hydrogen) atoms. The summed E-state index contributed by atoms with van der Waals surface area (Å²) < 4.78 is 0. The molecule has 0 fully saturated rings. The molecule has 0 bridgehead atoms. The Labute approximate surface area is 132 Å². The van der Waals surface area contributed by atoms with Crippen molar-refractivity contribution in [2.45, 2.75) is 33.2 Å². The molecule has 0 aliphatic carbocycles. The summed E-state index contributed by atoms with van der Waals surface area (Å²) in [6.45, 7) is 4.92. The fourth-order valence-electron chi connectivity index (χ4n) is 2.29. The van der Waals surface area contributed by atoms with Crippen LogP contribution in [-0.4, -0.2) is 24.4 Å². The summed E-state index contributed by atoms with van der Waals surface area (Å²) in [6, 6.07) is 7.59. The Morgan fingerprint density at radius 2 is 1.85 bits per heavy atom. The fraction of sp³-hybridized carbons (Fsp3) is 0.533. The number of halogens is 2. The zero-order valence-corrected chi connectivity index (χ0v) is 13.9. The highest BCUT2D eigenvalue weighted by molar-refractivity contribution is 6.31. The van der Waals surface area contributed by atoms with Crippen molar-refractivity contribution < 1.29 is 4.79 Å². The molecule has 1 amide bonds. The van der Waals surface area contributed by atoms with Gasteiger partial charge in [0.15, 0.2) is 0 Å². The van der Waals surface area contributed by atoms with Crippen LogP contribution in [0, 0.1) is 5.41 Å². The SMILES string of the molecule is CCC(CC)(CN)C(=O)N(C)Cc1ccccc1Cl.Cl. The number of amides is 1. The van der Waals surface area contributed by atoms with Crippen molar-refractivity contribution >= 4 is 29.9 Å². The molecule has 1 aromatic carbocycles. The predicted molar refractivity (Wildman–Crippen MR) is 87.2 cm³/mol. The van der Waals surface area contributed by atoms with E-state index in [1.54, 1.807) is 11.9 Å². The molecule has 3 nitrogen and oxygen atoms in total. The number of rotatable bonds is 6. The molecule has 0 aliphatic rings. The largest absolute Gasteiger partial charge is 0.341 e. The van der Waals surface area contributed by atoms with E-state index in [0.717, 1.165) is 18.4 Å². The van der Waals surface area contributed by atoms with Crippen molar-refractivity contribution in [1.29, 1.82) is 0 Å². The molecule has 0 unspecified atom stereocenters. The molecule has 0 saturated carbocycles. The Morgan fingerprint density at radius 1 is 1.30 bits per heavy atom. The minimum atomic E-state index is -0.448. The lowest BCUT2D eigenvalue weighted by molar-refractivity contribution is -0.141. The maximum absolute atomic E-state index is 12.6. The van der Waals surface area contributed by atoms with Crippen LogP contribution >= 0.6 is 24.0 Å². The van der Waals surface area contributed by atoms with E-state index in [9.17, 15) is 4.79 Å². The molecule has 0 spiro atoms. The highest BCUT2D eigenvalue weighted by Gasteiger charge is 2.35. The molecule has 1 aromatic rings. The number of benzene rings is 1. The zero-order chi connectivity index (χ0) is 14.5. The molecular weight excluding hydrogens is 295 g/mol. The first-order chi connectivity index (χ1) is 9.00. The highest BCUT2D eigenvalue weighted by atomic mass is 35.5. The minimum Gasteiger partial charge on any atom is -0.341 e. The Hall–Kier alpha value is -0.770. The van der Waals surface area contributed by atoms with Crippen LogP contribution in [0.15, 0.2) is 24.3 Å². The van der Waals surface area contributed by atoms with Gasteiger partial charge in [-0.1, -0.05) is 43.6 Å². The van der Waals surface area contributed by atoms with Crippen LogP contribution in [0.4, 0.5) is 0 Å². The first-order valence-electron chi connectivity index (χ1n) is 6.69. The predicted octanol–water partition coefficient (Wildman–Crippen LogP) is 3.49. The van der Waals surface area contributed by atoms with Crippen molar-refractivity contribution in [2.75, 3.05) is 13.6 Å². The molecule has 0 aromatic heterocycles. The van der Waals surface area contributed by atoms with Gasteiger partial charge in [0.05, 0.1) is 5.41 Å². The van der Waals surface area contributed by atoms with Gasteiger partial charge in [-0.3, -0.25) is 4.79 Å². The number of carbonyl (C=O) groups is 1. The quantitative estimate of drug-likeness (QED) is 0.872. The fourth-order valence-corrected chi connectivity index (χ4v) is 2.48. The zero-order valence-electron chi connectivity index (χ0n) is 12.4. The van der Waals surface area contributed by atoms with Gasteiger partial charge in [0.2, 0.25) is 5.91 Å². The lowest BCUT2D eigenvalue weighted by atomic mass is 9.81. The molecule has 114 valence electrons. The van der Waals surface area contributed by atoms with Gasteiger partial charge in [-0.25, -0.2) is 0 Å². The van der Waals surface area contributed by atoms with E-state index < -0.39 is 5.41 Å². The molecule has 0 atom stereocenters. The van der Waals surface area contributed by atoms with Crippen molar-refractivity contribution in [1.82, 2.24) is 4.90 Å². The number of hydrogen-bond donors (Lipinski definition) is 1. The second-order valence-corrected chi connectivity index (χ2v) is 5.35. The molecule has 1 rings (SSSR count). The van der Waals surface area contributed by atoms with Crippen molar-refractivity contribution in [3.63, 3.8) is 0 Å². The summed E-state index contributed by atoms with van der Waals surface area (Å²) in [4.78, 5) is 14.3. The van der Waals surface area contributed by atoms with E-state index in [1.165, 1.54) is 0 Å². The van der Waals surface area contributed by atoms with Crippen LogP contribution in [0.3, 0.4) is 0 Å². The minimum absolute atomic E-state index is 0. The number of carbonyl (C=O) groups excluding carboxylic acids is 1. The summed E-state index contributed by atoms with van der Waals surface area (Å²) in [6.07, 6.45) is 1.51. The van der Waals surface area contributed by atoms with Gasteiger partial charge >= 0.3 is 0 Å². The van der Waals surface area contributed by atoms with Gasteiger partial charge in [-0.15, -0.1) is 12.4 Å². The van der Waals surface area contributed by atoms with Crippen molar-refractivity contribution in [3.05, 3.63) is 34.9 Å². The molecule has 0 heterocycles. The first kappa shape index (κ1) is 19.2. The highest BCUT2D eigenvalue weighted by Crippen LogP contribution is 2.28. The van der Waals surface area contributed by atoms with Crippen LogP contribution < -0.4 is 5.73 Å². The Bertz CT molecular complexity index is 425. The maximum Gasteiger partial charge on any atom is 0.230 e. The summed E-state index contributed by atoms with van der Waals surface area (Å²) in [5, 5.41) is 0.688. The smallest absolute Gasteiger partial charge is 0.230 e. The third-order valence-corrected chi connectivity index (χ3v) is 4.28. The third-order valence-electron chi connectivity index (χ3n) is 3.91. The topological polar surface area (TPSA) is 46.3 Å².